The van der Waals surface area contributed by atoms with Gasteiger partial charge in [0.15, 0.2) is 0 Å². The molecule has 6 heteroatoms. The first-order valence-electron chi connectivity index (χ1n) is 7.23. The van der Waals surface area contributed by atoms with Gasteiger partial charge in [-0.3, -0.25) is 9.59 Å². The molecule has 2 amide bonds. The van der Waals surface area contributed by atoms with E-state index in [1.54, 1.807) is 35.4 Å². The summed E-state index contributed by atoms with van der Waals surface area (Å²) in [5, 5.41) is 7.46. The number of halogens is 1. The molecule has 0 aliphatic heterocycles. The summed E-state index contributed by atoms with van der Waals surface area (Å²) in [4.78, 5) is 25.6. The fourth-order valence-corrected chi connectivity index (χ4v) is 3.05. The summed E-state index contributed by atoms with van der Waals surface area (Å²) < 4.78 is 0. The zero-order valence-electron chi connectivity index (χ0n) is 13.1. The molecule has 0 aliphatic carbocycles. The van der Waals surface area contributed by atoms with Crippen LogP contribution in [0.15, 0.2) is 41.1 Å². The predicted octanol–water partition coefficient (Wildman–Crippen LogP) is 3.63. The van der Waals surface area contributed by atoms with Crippen LogP contribution in [0.3, 0.4) is 0 Å². The zero-order valence-corrected chi connectivity index (χ0v) is 14.7. The van der Waals surface area contributed by atoms with E-state index in [2.05, 4.69) is 5.32 Å². The van der Waals surface area contributed by atoms with Crippen molar-refractivity contribution in [2.45, 2.75) is 25.9 Å². The van der Waals surface area contributed by atoms with Gasteiger partial charge in [-0.1, -0.05) is 23.7 Å². The van der Waals surface area contributed by atoms with Crippen LogP contribution in [0, 0.1) is 0 Å². The molecule has 0 radical (unpaired) electrons. The van der Waals surface area contributed by atoms with Crippen LogP contribution in [0.5, 0.6) is 0 Å². The van der Waals surface area contributed by atoms with Crippen molar-refractivity contribution in [1.82, 2.24) is 10.2 Å². The van der Waals surface area contributed by atoms with Gasteiger partial charge in [0.1, 0.15) is 0 Å². The van der Waals surface area contributed by atoms with Crippen molar-refractivity contribution in [2.24, 2.45) is 0 Å². The van der Waals surface area contributed by atoms with Crippen molar-refractivity contribution in [3.63, 3.8) is 0 Å². The Labute approximate surface area is 145 Å². The first-order valence-corrected chi connectivity index (χ1v) is 8.55. The van der Waals surface area contributed by atoms with Crippen molar-refractivity contribution in [2.75, 3.05) is 7.05 Å². The molecular formula is C17H19ClN2O2S. The summed E-state index contributed by atoms with van der Waals surface area (Å²) in [5.74, 6) is -0.192. The average Bonchev–Trinajstić information content (AvgIpc) is 2.99. The Morgan fingerprint density at radius 2 is 1.96 bits per heavy atom. The second-order valence-electron chi connectivity index (χ2n) is 5.39. The Morgan fingerprint density at radius 3 is 2.52 bits per heavy atom. The number of thiophene rings is 1. The minimum Gasteiger partial charge on any atom is -0.349 e. The fourth-order valence-electron chi connectivity index (χ4n) is 2.27. The Hall–Kier alpha value is -1.85. The van der Waals surface area contributed by atoms with Crippen molar-refractivity contribution >= 4 is 34.8 Å². The molecule has 0 bridgehead atoms. The maximum Gasteiger partial charge on any atom is 0.225 e. The number of hydrogen-bond donors (Lipinski definition) is 1. The molecule has 0 aliphatic rings. The molecule has 1 atom stereocenters. The van der Waals surface area contributed by atoms with Gasteiger partial charge in [-0.2, -0.15) is 11.3 Å². The Morgan fingerprint density at radius 1 is 1.26 bits per heavy atom. The van der Waals surface area contributed by atoms with E-state index in [1.165, 1.54) is 6.92 Å². The Bertz CT molecular complexity index is 656. The highest BCUT2D eigenvalue weighted by atomic mass is 35.5. The quantitative estimate of drug-likeness (QED) is 0.864. The van der Waals surface area contributed by atoms with Gasteiger partial charge in [-0.15, -0.1) is 0 Å². The second-order valence-corrected chi connectivity index (χ2v) is 6.61. The third kappa shape index (κ3) is 5.37. The number of carbonyl (C=O) groups excluding carboxylic acids is 2. The van der Waals surface area contributed by atoms with Crippen molar-refractivity contribution < 1.29 is 9.59 Å². The van der Waals surface area contributed by atoms with Crippen molar-refractivity contribution in [3.8, 4) is 0 Å². The molecule has 2 rings (SSSR count). The topological polar surface area (TPSA) is 49.4 Å². The lowest BCUT2D eigenvalue weighted by molar-refractivity contribution is -0.131. The van der Waals surface area contributed by atoms with Gasteiger partial charge in [0.2, 0.25) is 11.8 Å². The normalized spacial score (nSPS) is 11.8. The van der Waals surface area contributed by atoms with Crippen LogP contribution < -0.4 is 5.32 Å². The van der Waals surface area contributed by atoms with E-state index in [-0.39, 0.29) is 24.3 Å². The monoisotopic (exact) mass is 350 g/mol. The first-order chi connectivity index (χ1) is 11.0. The van der Waals surface area contributed by atoms with Crippen LogP contribution in [0.1, 0.15) is 30.5 Å². The maximum atomic E-state index is 12.5. The summed E-state index contributed by atoms with van der Waals surface area (Å²) in [7, 11) is 1.77. The van der Waals surface area contributed by atoms with Crippen LogP contribution in [0.2, 0.25) is 5.02 Å². The minimum atomic E-state index is -0.359. The number of amides is 2. The van der Waals surface area contributed by atoms with E-state index in [0.29, 0.717) is 11.6 Å². The fraction of sp³-hybridized carbons (Fsp3) is 0.294. The molecule has 0 saturated heterocycles. The Kier molecular flexibility index (Phi) is 6.19. The summed E-state index contributed by atoms with van der Waals surface area (Å²) in [6.45, 7) is 2.01. The van der Waals surface area contributed by atoms with E-state index in [4.69, 9.17) is 11.6 Å². The molecule has 1 aromatic heterocycles. The molecule has 122 valence electrons. The minimum absolute atomic E-state index is 0.0232. The van der Waals surface area contributed by atoms with Gasteiger partial charge in [-0.05, 0) is 40.1 Å². The van der Waals surface area contributed by atoms with Crippen LogP contribution in [0.4, 0.5) is 0 Å². The highest BCUT2D eigenvalue weighted by Crippen LogP contribution is 2.21. The smallest absolute Gasteiger partial charge is 0.225 e. The number of carbonyl (C=O) groups is 2. The molecule has 0 fully saturated rings. The van der Waals surface area contributed by atoms with Gasteiger partial charge in [0, 0.05) is 25.5 Å². The van der Waals surface area contributed by atoms with Gasteiger partial charge in [-0.25, -0.2) is 0 Å². The SMILES string of the molecule is CC(=O)NC(CC(=O)N(C)Cc1ccsc1)c1ccc(Cl)cc1. The molecule has 2 aromatic rings. The first kappa shape index (κ1) is 17.5. The van der Waals surface area contributed by atoms with E-state index >= 15 is 0 Å². The lowest BCUT2D eigenvalue weighted by Gasteiger charge is -2.22. The van der Waals surface area contributed by atoms with Gasteiger partial charge >= 0.3 is 0 Å². The maximum absolute atomic E-state index is 12.5. The molecule has 1 unspecified atom stereocenters. The highest BCUT2D eigenvalue weighted by molar-refractivity contribution is 7.07. The molecule has 1 aromatic carbocycles. The van der Waals surface area contributed by atoms with E-state index in [0.717, 1.165) is 11.1 Å². The number of hydrogen-bond acceptors (Lipinski definition) is 3. The molecule has 23 heavy (non-hydrogen) atoms. The molecule has 1 N–H and O–H groups in total. The molecule has 1 heterocycles. The summed E-state index contributed by atoms with van der Waals surface area (Å²) in [5.41, 5.74) is 1.97. The summed E-state index contributed by atoms with van der Waals surface area (Å²) in [6.07, 6.45) is 0.210. The second kappa shape index (κ2) is 8.13. The van der Waals surface area contributed by atoms with Crippen LogP contribution >= 0.6 is 22.9 Å². The van der Waals surface area contributed by atoms with Gasteiger partial charge in [0.05, 0.1) is 12.5 Å². The molecule has 4 nitrogen and oxygen atoms in total. The van der Waals surface area contributed by atoms with Crippen LogP contribution in [0.25, 0.3) is 0 Å². The van der Waals surface area contributed by atoms with Crippen molar-refractivity contribution in [1.29, 1.82) is 0 Å². The van der Waals surface area contributed by atoms with Crippen molar-refractivity contribution in [3.05, 3.63) is 57.2 Å². The van der Waals surface area contributed by atoms with Crippen LogP contribution in [-0.4, -0.2) is 23.8 Å². The third-order valence-electron chi connectivity index (χ3n) is 3.45. The highest BCUT2D eigenvalue weighted by Gasteiger charge is 2.19. The molecular weight excluding hydrogens is 332 g/mol. The lowest BCUT2D eigenvalue weighted by Crippen LogP contribution is -2.33. The third-order valence-corrected chi connectivity index (χ3v) is 4.44. The number of nitrogens with zero attached hydrogens (tertiary/aromatic N) is 1. The van der Waals surface area contributed by atoms with Gasteiger partial charge in [0.25, 0.3) is 0 Å². The largest absolute Gasteiger partial charge is 0.349 e. The average molecular weight is 351 g/mol. The summed E-state index contributed by atoms with van der Waals surface area (Å²) >= 11 is 7.50. The van der Waals surface area contributed by atoms with E-state index in [9.17, 15) is 9.59 Å². The lowest BCUT2D eigenvalue weighted by atomic mass is 10.0. The molecule has 0 spiro atoms. The number of rotatable bonds is 6. The zero-order chi connectivity index (χ0) is 16.8. The summed E-state index contributed by atoms with van der Waals surface area (Å²) in [6, 6.07) is 8.81. The number of benzene rings is 1. The van der Waals surface area contributed by atoms with E-state index < -0.39 is 0 Å². The van der Waals surface area contributed by atoms with E-state index in [1.807, 2.05) is 29.0 Å². The van der Waals surface area contributed by atoms with Gasteiger partial charge < -0.3 is 10.2 Å². The number of nitrogens with one attached hydrogen (secondary N) is 1. The standard InChI is InChI=1S/C17H19ClN2O2S/c1-12(21)19-16(14-3-5-15(18)6-4-14)9-17(22)20(2)10-13-7-8-23-11-13/h3-8,11,16H,9-10H2,1-2H3,(H,19,21). The van der Waals surface area contributed by atoms with Crippen LogP contribution in [-0.2, 0) is 16.1 Å². The molecule has 0 saturated carbocycles. The predicted molar refractivity (Wildman–Crippen MR) is 93.4 cm³/mol. The Balaban J connectivity index is 2.05.